The van der Waals surface area contributed by atoms with Gasteiger partial charge >= 0.3 is 0 Å². The van der Waals surface area contributed by atoms with E-state index in [9.17, 15) is 9.18 Å². The average molecular weight is 255 g/mol. The SMILES string of the molecule is NC1C=CC(C(=O)Nc2cc(F)cc(Cl)c2)C1. The Balaban J connectivity index is 2.05. The van der Waals surface area contributed by atoms with Crippen molar-refractivity contribution in [3.63, 3.8) is 0 Å². The average Bonchev–Trinajstić information content (AvgIpc) is 2.63. The van der Waals surface area contributed by atoms with Crippen LogP contribution in [-0.2, 0) is 4.79 Å². The Morgan fingerprint density at radius 3 is 2.76 bits per heavy atom. The summed E-state index contributed by atoms with van der Waals surface area (Å²) in [6, 6.07) is 3.83. The second-order valence-corrected chi connectivity index (χ2v) is 4.47. The molecule has 1 amide bonds. The lowest BCUT2D eigenvalue weighted by molar-refractivity contribution is -0.118. The van der Waals surface area contributed by atoms with Crippen molar-refractivity contribution in [2.24, 2.45) is 11.7 Å². The van der Waals surface area contributed by atoms with Gasteiger partial charge in [-0.05, 0) is 24.6 Å². The van der Waals surface area contributed by atoms with Crippen LogP contribution in [0.4, 0.5) is 10.1 Å². The molecule has 1 aliphatic carbocycles. The van der Waals surface area contributed by atoms with E-state index >= 15 is 0 Å². The van der Waals surface area contributed by atoms with Crippen molar-refractivity contribution in [3.05, 3.63) is 41.2 Å². The first-order valence-corrected chi connectivity index (χ1v) is 5.63. The molecule has 0 saturated heterocycles. The molecule has 2 rings (SSSR count). The number of carbonyl (C=O) groups excluding carboxylic acids is 1. The van der Waals surface area contributed by atoms with Crippen molar-refractivity contribution >= 4 is 23.2 Å². The fourth-order valence-electron chi connectivity index (χ4n) is 1.78. The molecule has 2 unspecified atom stereocenters. The van der Waals surface area contributed by atoms with Crippen molar-refractivity contribution in [1.29, 1.82) is 0 Å². The van der Waals surface area contributed by atoms with E-state index in [2.05, 4.69) is 5.32 Å². The van der Waals surface area contributed by atoms with Crippen molar-refractivity contribution in [1.82, 2.24) is 0 Å². The topological polar surface area (TPSA) is 55.1 Å². The minimum atomic E-state index is -0.480. The van der Waals surface area contributed by atoms with Crippen LogP contribution in [0, 0.1) is 11.7 Å². The van der Waals surface area contributed by atoms with E-state index in [-0.39, 0.29) is 22.9 Å². The first-order chi connectivity index (χ1) is 8.04. The second kappa shape index (κ2) is 4.85. The Labute approximate surface area is 103 Å². The highest BCUT2D eigenvalue weighted by Gasteiger charge is 2.22. The Hall–Kier alpha value is -1.39. The Bertz CT molecular complexity index is 455. The smallest absolute Gasteiger partial charge is 0.231 e. The van der Waals surface area contributed by atoms with Gasteiger partial charge in [-0.25, -0.2) is 4.39 Å². The molecule has 90 valence electrons. The summed E-state index contributed by atoms with van der Waals surface area (Å²) in [6.07, 6.45) is 4.14. The molecule has 1 aromatic carbocycles. The number of hydrogen-bond acceptors (Lipinski definition) is 2. The molecule has 0 aliphatic heterocycles. The third kappa shape index (κ3) is 3.05. The summed E-state index contributed by atoms with van der Waals surface area (Å²) in [5.74, 6) is -0.936. The fourth-order valence-corrected chi connectivity index (χ4v) is 2.00. The molecule has 0 fully saturated rings. The maximum absolute atomic E-state index is 13.0. The van der Waals surface area contributed by atoms with Gasteiger partial charge in [-0.3, -0.25) is 4.79 Å². The van der Waals surface area contributed by atoms with E-state index in [0.29, 0.717) is 12.1 Å². The highest BCUT2D eigenvalue weighted by molar-refractivity contribution is 6.30. The number of rotatable bonds is 2. The minimum Gasteiger partial charge on any atom is -0.325 e. The summed E-state index contributed by atoms with van der Waals surface area (Å²) < 4.78 is 13.0. The van der Waals surface area contributed by atoms with Gasteiger partial charge in [0.05, 0.1) is 5.92 Å². The van der Waals surface area contributed by atoms with Crippen LogP contribution in [0.1, 0.15) is 6.42 Å². The van der Waals surface area contributed by atoms with E-state index in [1.54, 1.807) is 12.2 Å². The summed E-state index contributed by atoms with van der Waals surface area (Å²) in [5, 5.41) is 2.86. The van der Waals surface area contributed by atoms with Crippen LogP contribution in [0.3, 0.4) is 0 Å². The standard InChI is InChI=1S/C12H12ClFN2O/c13-8-4-9(14)6-11(5-8)16-12(17)7-1-2-10(15)3-7/h1-2,4-7,10H,3,15H2,(H,16,17). The van der Waals surface area contributed by atoms with Crippen molar-refractivity contribution < 1.29 is 9.18 Å². The predicted octanol–water partition coefficient (Wildman–Crippen LogP) is 2.32. The Morgan fingerprint density at radius 1 is 1.41 bits per heavy atom. The number of halogens is 2. The van der Waals surface area contributed by atoms with Crippen LogP contribution in [0.5, 0.6) is 0 Å². The normalized spacial score (nSPS) is 22.8. The zero-order valence-electron chi connectivity index (χ0n) is 8.99. The van der Waals surface area contributed by atoms with Gasteiger partial charge in [0.1, 0.15) is 5.82 Å². The number of carbonyl (C=O) groups is 1. The Morgan fingerprint density at radius 2 is 2.18 bits per heavy atom. The van der Waals surface area contributed by atoms with Crippen LogP contribution in [0.15, 0.2) is 30.4 Å². The molecule has 2 atom stereocenters. The van der Waals surface area contributed by atoms with Crippen molar-refractivity contribution in [2.75, 3.05) is 5.32 Å². The van der Waals surface area contributed by atoms with Gasteiger partial charge in [0.25, 0.3) is 0 Å². The molecule has 0 aromatic heterocycles. The number of nitrogens with one attached hydrogen (secondary N) is 1. The molecule has 1 aromatic rings. The molecular weight excluding hydrogens is 243 g/mol. The molecule has 5 heteroatoms. The minimum absolute atomic E-state index is 0.0816. The third-order valence-corrected chi connectivity index (χ3v) is 2.80. The van der Waals surface area contributed by atoms with Gasteiger partial charge in [-0.15, -0.1) is 0 Å². The number of benzene rings is 1. The highest BCUT2D eigenvalue weighted by atomic mass is 35.5. The lowest BCUT2D eigenvalue weighted by Crippen LogP contribution is -2.24. The van der Waals surface area contributed by atoms with Crippen molar-refractivity contribution in [2.45, 2.75) is 12.5 Å². The maximum Gasteiger partial charge on any atom is 0.231 e. The zero-order chi connectivity index (χ0) is 12.4. The van der Waals surface area contributed by atoms with Gasteiger partial charge in [-0.1, -0.05) is 23.8 Å². The van der Waals surface area contributed by atoms with Crippen molar-refractivity contribution in [3.8, 4) is 0 Å². The molecule has 0 radical (unpaired) electrons. The van der Waals surface area contributed by atoms with E-state index in [1.165, 1.54) is 18.2 Å². The number of hydrogen-bond donors (Lipinski definition) is 2. The largest absolute Gasteiger partial charge is 0.325 e. The lowest BCUT2D eigenvalue weighted by Gasteiger charge is -2.10. The summed E-state index contributed by atoms with van der Waals surface area (Å²) in [5.41, 5.74) is 6.01. The molecule has 17 heavy (non-hydrogen) atoms. The van der Waals surface area contributed by atoms with E-state index in [1.807, 2.05) is 0 Å². The Kier molecular flexibility index (Phi) is 3.45. The molecule has 0 heterocycles. The van der Waals surface area contributed by atoms with E-state index in [4.69, 9.17) is 17.3 Å². The van der Waals surface area contributed by atoms with Gasteiger partial charge in [0.2, 0.25) is 5.91 Å². The number of nitrogens with two attached hydrogens (primary N) is 1. The van der Waals surface area contributed by atoms with Gasteiger partial charge < -0.3 is 11.1 Å². The van der Waals surface area contributed by atoms with Gasteiger partial charge in [0, 0.05) is 16.8 Å². The number of anilines is 1. The van der Waals surface area contributed by atoms with Crippen LogP contribution in [-0.4, -0.2) is 11.9 Å². The molecule has 0 bridgehead atoms. The van der Waals surface area contributed by atoms with Crippen LogP contribution < -0.4 is 11.1 Å². The molecule has 1 aliphatic rings. The highest BCUT2D eigenvalue weighted by Crippen LogP contribution is 2.21. The predicted molar refractivity (Wildman–Crippen MR) is 65.3 cm³/mol. The summed E-state index contributed by atoms with van der Waals surface area (Å²) in [4.78, 5) is 11.8. The summed E-state index contributed by atoms with van der Waals surface area (Å²) >= 11 is 5.69. The first-order valence-electron chi connectivity index (χ1n) is 5.25. The van der Waals surface area contributed by atoms with Gasteiger partial charge in [0.15, 0.2) is 0 Å². The van der Waals surface area contributed by atoms with Crippen LogP contribution >= 0.6 is 11.6 Å². The summed E-state index contributed by atoms with van der Waals surface area (Å²) in [6.45, 7) is 0. The van der Waals surface area contributed by atoms with E-state index in [0.717, 1.165) is 0 Å². The number of amides is 1. The lowest BCUT2D eigenvalue weighted by atomic mass is 10.1. The maximum atomic E-state index is 13.0. The molecular formula is C12H12ClFN2O. The fraction of sp³-hybridized carbons (Fsp3) is 0.250. The van der Waals surface area contributed by atoms with Gasteiger partial charge in [-0.2, -0.15) is 0 Å². The zero-order valence-corrected chi connectivity index (χ0v) is 9.75. The first kappa shape index (κ1) is 12.1. The second-order valence-electron chi connectivity index (χ2n) is 4.04. The monoisotopic (exact) mass is 254 g/mol. The van der Waals surface area contributed by atoms with E-state index < -0.39 is 5.82 Å². The molecule has 0 spiro atoms. The third-order valence-electron chi connectivity index (χ3n) is 2.58. The summed E-state index contributed by atoms with van der Waals surface area (Å²) in [7, 11) is 0. The quantitative estimate of drug-likeness (QED) is 0.796. The molecule has 0 saturated carbocycles. The van der Waals surface area contributed by atoms with Crippen LogP contribution in [0.2, 0.25) is 5.02 Å². The molecule has 3 N–H and O–H groups in total. The molecule has 3 nitrogen and oxygen atoms in total. The van der Waals surface area contributed by atoms with Crippen LogP contribution in [0.25, 0.3) is 0 Å².